The summed E-state index contributed by atoms with van der Waals surface area (Å²) in [5, 5.41) is 8.36. The minimum Gasteiger partial charge on any atom is -0.512 e. The number of hydrogen-bond donors (Lipinski definition) is 1. The van der Waals surface area contributed by atoms with Crippen molar-refractivity contribution in [3.05, 3.63) is 162 Å². The molecule has 1 aliphatic heterocycles. The third kappa shape index (κ3) is 7.28. The zero-order valence-corrected chi connectivity index (χ0v) is 31.7. The molecule has 1 radical (unpaired) electrons. The zero-order chi connectivity index (χ0) is 34.7. The first-order valence-corrected chi connectivity index (χ1v) is 16.6. The number of carbonyl (C=O) groups excluding carboxylic acids is 1. The van der Waals surface area contributed by atoms with Crippen molar-refractivity contribution < 1.29 is 30.0 Å². The van der Waals surface area contributed by atoms with Crippen LogP contribution in [-0.2, 0) is 24.9 Å². The minimum atomic E-state index is -0.125. The molecule has 0 amide bonds. The van der Waals surface area contributed by atoms with Gasteiger partial charge < -0.3 is 15.0 Å². The molecule has 7 rings (SSSR count). The molecule has 50 heavy (non-hydrogen) atoms. The molecule has 0 saturated heterocycles. The second-order valence-corrected chi connectivity index (χ2v) is 12.7. The van der Waals surface area contributed by atoms with Gasteiger partial charge in [-0.2, -0.15) is 0 Å². The topological polar surface area (TPSA) is 53.4 Å². The number of hydrogen-bond acceptors (Lipinski definition) is 4. The number of aryl methyl sites for hydroxylation is 4. The van der Waals surface area contributed by atoms with Crippen LogP contribution in [-0.4, -0.2) is 22.6 Å². The summed E-state index contributed by atoms with van der Waals surface area (Å²) in [6, 6.07) is 44.6. The van der Waals surface area contributed by atoms with Crippen molar-refractivity contribution >= 4 is 45.9 Å². The van der Waals surface area contributed by atoms with E-state index in [1.807, 2.05) is 24.4 Å². The van der Waals surface area contributed by atoms with Gasteiger partial charge >= 0.3 is 0 Å². The number of para-hydroxylation sites is 3. The Labute approximate surface area is 310 Å². The van der Waals surface area contributed by atoms with Crippen LogP contribution < -0.4 is 21.3 Å². The van der Waals surface area contributed by atoms with Gasteiger partial charge in [0.2, 0.25) is 6.71 Å². The van der Waals surface area contributed by atoms with Crippen LogP contribution in [0.4, 0.5) is 17.1 Å². The fourth-order valence-electron chi connectivity index (χ4n) is 7.04. The molecule has 0 aliphatic carbocycles. The van der Waals surface area contributed by atoms with Crippen LogP contribution in [0.15, 0.2) is 133 Å². The summed E-state index contributed by atoms with van der Waals surface area (Å²) in [4.78, 5) is 17.4. The fraction of sp³-hybridized carbons (Fsp3) is 0.136. The Morgan fingerprint density at radius 2 is 1.34 bits per heavy atom. The molecule has 0 saturated carbocycles. The maximum absolute atomic E-state index is 10.0. The van der Waals surface area contributed by atoms with Crippen LogP contribution in [0, 0.1) is 33.8 Å². The van der Waals surface area contributed by atoms with Gasteiger partial charge in [-0.1, -0.05) is 102 Å². The molecular weight excluding hydrogens is 792 g/mol. The summed E-state index contributed by atoms with van der Waals surface area (Å²) >= 11 is 0. The molecule has 251 valence electrons. The maximum atomic E-state index is 10.0. The first-order valence-electron chi connectivity index (χ1n) is 16.6. The smallest absolute Gasteiger partial charge is 0.247 e. The minimum absolute atomic E-state index is 0. The number of rotatable bonds is 5. The molecule has 0 bridgehead atoms. The Balaban J connectivity index is 0.000000553. The van der Waals surface area contributed by atoms with Crippen molar-refractivity contribution in [1.82, 2.24) is 4.98 Å². The van der Waals surface area contributed by atoms with Crippen molar-refractivity contribution in [2.45, 2.75) is 41.5 Å². The number of anilines is 3. The average Bonchev–Trinajstić information content (AvgIpc) is 3.08. The summed E-state index contributed by atoms with van der Waals surface area (Å²) < 4.78 is 0. The monoisotopic (exact) mass is 832 g/mol. The van der Waals surface area contributed by atoms with Crippen molar-refractivity contribution in [1.29, 1.82) is 0 Å². The fourth-order valence-corrected chi connectivity index (χ4v) is 7.04. The second-order valence-electron chi connectivity index (χ2n) is 12.7. The van der Waals surface area contributed by atoms with Gasteiger partial charge in [0.05, 0.1) is 11.4 Å². The second kappa shape index (κ2) is 15.7. The number of pyridine rings is 1. The number of ketones is 1. The van der Waals surface area contributed by atoms with E-state index in [-0.39, 0.29) is 38.4 Å². The van der Waals surface area contributed by atoms with Crippen molar-refractivity contribution in [2.75, 3.05) is 4.90 Å². The summed E-state index contributed by atoms with van der Waals surface area (Å²) in [6.45, 7) is 11.9. The molecule has 0 unspecified atom stereocenters. The first-order chi connectivity index (χ1) is 23.7. The SMILES string of the molecule is CC(=O)/C=C(/C)O.Cc1cccc(C)c1B1c2ccccc2N(c2c(C)cccc2C)c2c1cccc2-c1ccc(-c2[c-]cccc2)nc1.[Ir]. The van der Waals surface area contributed by atoms with Crippen LogP contribution in [0.2, 0.25) is 0 Å². The van der Waals surface area contributed by atoms with E-state index in [0.717, 1.165) is 16.8 Å². The Morgan fingerprint density at radius 1 is 0.720 bits per heavy atom. The molecule has 1 aliphatic rings. The number of nitrogens with zero attached hydrogens (tertiary/aromatic N) is 2. The van der Waals surface area contributed by atoms with Gasteiger partial charge in [-0.05, 0) is 75.4 Å². The average molecular weight is 832 g/mol. The molecule has 2 heterocycles. The first kappa shape index (κ1) is 36.3. The summed E-state index contributed by atoms with van der Waals surface area (Å²) in [6.07, 6.45) is 3.18. The summed E-state index contributed by atoms with van der Waals surface area (Å²) in [5.74, 6) is -0.0625. The van der Waals surface area contributed by atoms with E-state index >= 15 is 0 Å². The number of fused-ring (bicyclic) bond motifs is 2. The van der Waals surface area contributed by atoms with Crippen LogP contribution >= 0.6 is 0 Å². The predicted molar refractivity (Wildman–Crippen MR) is 206 cm³/mol. The van der Waals surface area contributed by atoms with E-state index in [1.165, 1.54) is 81.2 Å². The van der Waals surface area contributed by atoms with Crippen molar-refractivity contribution in [3.63, 3.8) is 0 Å². The Hall–Kier alpha value is -5.03. The van der Waals surface area contributed by atoms with E-state index in [0.29, 0.717) is 0 Å². The molecule has 1 aromatic heterocycles. The molecule has 6 heteroatoms. The van der Waals surface area contributed by atoms with Crippen LogP contribution in [0.5, 0.6) is 0 Å². The van der Waals surface area contributed by atoms with Gasteiger partial charge in [0.1, 0.15) is 0 Å². The van der Waals surface area contributed by atoms with Gasteiger partial charge in [-0.25, -0.2) is 0 Å². The molecule has 0 fully saturated rings. The largest absolute Gasteiger partial charge is 0.512 e. The maximum Gasteiger partial charge on any atom is 0.247 e. The molecule has 4 nitrogen and oxygen atoms in total. The Bertz CT molecular complexity index is 2130. The Kier molecular flexibility index (Phi) is 11.4. The molecule has 0 spiro atoms. The van der Waals surface area contributed by atoms with Crippen LogP contribution in [0.25, 0.3) is 22.4 Å². The number of aromatic nitrogens is 1. The van der Waals surface area contributed by atoms with E-state index in [1.54, 1.807) is 0 Å². The molecular formula is C44H40BIrN2O2-. The zero-order valence-electron chi connectivity index (χ0n) is 29.3. The molecule has 1 N–H and O–H groups in total. The van der Waals surface area contributed by atoms with Crippen molar-refractivity contribution in [2.24, 2.45) is 0 Å². The van der Waals surface area contributed by atoms with Gasteiger partial charge in [-0.3, -0.25) is 4.79 Å². The van der Waals surface area contributed by atoms with Gasteiger partial charge in [-0.15, -0.1) is 35.9 Å². The molecule has 6 aromatic rings. The van der Waals surface area contributed by atoms with E-state index in [2.05, 4.69) is 136 Å². The normalized spacial score (nSPS) is 11.8. The third-order valence-corrected chi connectivity index (χ3v) is 9.06. The third-order valence-electron chi connectivity index (χ3n) is 9.06. The van der Waals surface area contributed by atoms with Crippen LogP contribution in [0.3, 0.4) is 0 Å². The van der Waals surface area contributed by atoms with Gasteiger partial charge in [0, 0.05) is 54.9 Å². The standard InChI is InChI=1S/C39H32BN2.C5H8O2.Ir/c1-26-13-10-14-27(2)37(26)40-33-20-8-9-22-36(33)42(38-28(3)15-11-16-29(38)4)39-32(19-12-21-34(39)40)31-23-24-35(41-25-31)30-17-6-5-7-18-30;1-4(6)3-5(2)7;/h5-17,19-25H,1-4H3;3,6H,1-2H3;/q-1;;/b;4-3-;. The van der Waals surface area contributed by atoms with E-state index < -0.39 is 0 Å². The number of allylic oxidation sites excluding steroid dienone is 2. The molecule has 5 aromatic carbocycles. The van der Waals surface area contributed by atoms with E-state index in [9.17, 15) is 4.79 Å². The van der Waals surface area contributed by atoms with Gasteiger partial charge in [0.15, 0.2) is 5.78 Å². The summed E-state index contributed by atoms with van der Waals surface area (Å²) in [5.41, 5.74) is 17.1. The summed E-state index contributed by atoms with van der Waals surface area (Å²) in [7, 11) is 0. The number of benzene rings is 5. The van der Waals surface area contributed by atoms with Crippen LogP contribution in [0.1, 0.15) is 36.1 Å². The predicted octanol–water partition coefficient (Wildman–Crippen LogP) is 8.78. The van der Waals surface area contributed by atoms with Gasteiger partial charge in [0.25, 0.3) is 0 Å². The Morgan fingerprint density at radius 3 is 1.92 bits per heavy atom. The van der Waals surface area contributed by atoms with E-state index in [4.69, 9.17) is 10.1 Å². The van der Waals surface area contributed by atoms with Crippen molar-refractivity contribution in [3.8, 4) is 22.4 Å². The number of aliphatic hydroxyl groups is 1. The quantitative estimate of drug-likeness (QED) is 0.0817. The number of carbonyl (C=O) groups is 1. The molecule has 0 atom stereocenters. The number of aliphatic hydroxyl groups excluding tert-OH is 1.